The number of nitriles is 1. The summed E-state index contributed by atoms with van der Waals surface area (Å²) < 4.78 is 24.5. The molecule has 0 spiro atoms. The number of benzene rings is 2. The summed E-state index contributed by atoms with van der Waals surface area (Å²) >= 11 is 6.41. The average molecular weight is 445 g/mol. The zero-order chi connectivity index (χ0) is 22.6. The summed E-state index contributed by atoms with van der Waals surface area (Å²) in [5, 5.41) is 12.3. The van der Waals surface area contributed by atoms with Crippen LogP contribution in [0.2, 0.25) is 5.02 Å². The molecule has 5 nitrogen and oxygen atoms in total. The van der Waals surface area contributed by atoms with E-state index < -0.39 is 11.7 Å². The largest absolute Gasteiger partial charge is 0.490 e. The molecule has 0 aromatic heterocycles. The molecule has 0 fully saturated rings. The Bertz CT molecular complexity index is 953. The molecule has 1 N–H and O–H groups in total. The van der Waals surface area contributed by atoms with Gasteiger partial charge in [-0.15, -0.1) is 0 Å². The Morgan fingerprint density at radius 1 is 1.16 bits per heavy atom. The second kappa shape index (κ2) is 12.6. The Hall–Kier alpha value is -3.04. The molecule has 0 unspecified atom stereocenters. The highest BCUT2D eigenvalue weighted by atomic mass is 35.5. The fourth-order valence-corrected chi connectivity index (χ4v) is 3.10. The summed E-state index contributed by atoms with van der Waals surface area (Å²) in [4.78, 5) is 12.4. The second-order valence-electron chi connectivity index (χ2n) is 6.80. The molecule has 0 saturated carbocycles. The van der Waals surface area contributed by atoms with E-state index >= 15 is 0 Å². The first-order valence-corrected chi connectivity index (χ1v) is 10.6. The molecule has 2 aromatic rings. The summed E-state index contributed by atoms with van der Waals surface area (Å²) in [7, 11) is 0. The second-order valence-corrected chi connectivity index (χ2v) is 7.21. The summed E-state index contributed by atoms with van der Waals surface area (Å²) in [5.41, 5.74) is 0.779. The molecule has 0 atom stereocenters. The van der Waals surface area contributed by atoms with Crippen molar-refractivity contribution in [1.82, 2.24) is 0 Å². The molecule has 0 heterocycles. The van der Waals surface area contributed by atoms with E-state index in [1.165, 1.54) is 30.3 Å². The maximum atomic E-state index is 13.0. The summed E-state index contributed by atoms with van der Waals surface area (Å²) in [6, 6.07) is 10.5. The number of hydrogen-bond donors (Lipinski definition) is 1. The van der Waals surface area contributed by atoms with Crippen LogP contribution in [0.25, 0.3) is 6.08 Å². The molecule has 164 valence electrons. The third kappa shape index (κ3) is 7.62. The van der Waals surface area contributed by atoms with E-state index in [0.717, 1.165) is 25.7 Å². The van der Waals surface area contributed by atoms with Gasteiger partial charge in [-0.05, 0) is 61.4 Å². The first kappa shape index (κ1) is 24.2. The number of carbonyl (C=O) groups excluding carboxylic acids is 1. The predicted octanol–water partition coefficient (Wildman–Crippen LogP) is 6.38. The van der Waals surface area contributed by atoms with Gasteiger partial charge in [0.25, 0.3) is 5.91 Å². The van der Waals surface area contributed by atoms with Gasteiger partial charge in [0.1, 0.15) is 17.5 Å². The van der Waals surface area contributed by atoms with Gasteiger partial charge in [0.2, 0.25) is 0 Å². The van der Waals surface area contributed by atoms with Crippen molar-refractivity contribution in [2.45, 2.75) is 39.5 Å². The SMILES string of the molecule is CCCCCCOc1c(Cl)cc(C=C(C#N)C(=O)Nc2ccc(F)cc2)cc1OCC. The van der Waals surface area contributed by atoms with Crippen molar-refractivity contribution in [1.29, 1.82) is 5.26 Å². The van der Waals surface area contributed by atoms with E-state index in [1.807, 2.05) is 13.0 Å². The van der Waals surface area contributed by atoms with Crippen LogP contribution in [-0.2, 0) is 4.79 Å². The van der Waals surface area contributed by atoms with E-state index in [0.29, 0.717) is 41.0 Å². The zero-order valence-electron chi connectivity index (χ0n) is 17.7. The van der Waals surface area contributed by atoms with Crippen molar-refractivity contribution in [3.63, 3.8) is 0 Å². The minimum Gasteiger partial charge on any atom is -0.490 e. The number of hydrogen-bond acceptors (Lipinski definition) is 4. The van der Waals surface area contributed by atoms with Crippen LogP contribution in [0, 0.1) is 17.1 Å². The maximum Gasteiger partial charge on any atom is 0.266 e. The van der Waals surface area contributed by atoms with Crippen LogP contribution in [0.3, 0.4) is 0 Å². The van der Waals surface area contributed by atoms with Crippen LogP contribution in [0.15, 0.2) is 42.0 Å². The molecule has 0 aliphatic heterocycles. The van der Waals surface area contributed by atoms with Crippen LogP contribution in [0.5, 0.6) is 11.5 Å². The van der Waals surface area contributed by atoms with Gasteiger partial charge in [0, 0.05) is 5.69 Å². The molecule has 0 bridgehead atoms. The first-order chi connectivity index (χ1) is 15.0. The highest BCUT2D eigenvalue weighted by Crippen LogP contribution is 2.37. The molecule has 0 radical (unpaired) electrons. The van der Waals surface area contributed by atoms with E-state index in [2.05, 4.69) is 12.2 Å². The van der Waals surface area contributed by atoms with Gasteiger partial charge in [-0.25, -0.2) is 4.39 Å². The number of anilines is 1. The normalized spacial score (nSPS) is 11.0. The number of nitrogens with one attached hydrogen (secondary N) is 1. The lowest BCUT2D eigenvalue weighted by Gasteiger charge is -2.14. The Morgan fingerprint density at radius 2 is 1.90 bits per heavy atom. The van der Waals surface area contributed by atoms with Crippen LogP contribution in [0.4, 0.5) is 10.1 Å². The van der Waals surface area contributed by atoms with Crippen LogP contribution in [-0.4, -0.2) is 19.1 Å². The van der Waals surface area contributed by atoms with E-state index in [4.69, 9.17) is 21.1 Å². The first-order valence-electron chi connectivity index (χ1n) is 10.3. The number of nitrogens with zero attached hydrogens (tertiary/aromatic N) is 1. The monoisotopic (exact) mass is 444 g/mol. The number of rotatable bonds is 11. The summed E-state index contributed by atoms with van der Waals surface area (Å²) in [6.45, 7) is 4.93. The molecule has 0 aliphatic carbocycles. The number of ether oxygens (including phenoxy) is 2. The molecule has 7 heteroatoms. The average Bonchev–Trinajstić information content (AvgIpc) is 2.75. The van der Waals surface area contributed by atoms with Crippen LogP contribution < -0.4 is 14.8 Å². The molecule has 31 heavy (non-hydrogen) atoms. The number of carbonyl (C=O) groups is 1. The van der Waals surface area contributed by atoms with E-state index in [9.17, 15) is 14.4 Å². The third-order valence-corrected chi connectivity index (χ3v) is 4.63. The minimum absolute atomic E-state index is 0.129. The molecular formula is C24H26ClFN2O3. The lowest BCUT2D eigenvalue weighted by atomic mass is 10.1. The topological polar surface area (TPSA) is 71.3 Å². The standard InChI is InChI=1S/C24H26ClFN2O3/c1-3-5-6-7-12-31-23-21(25)14-17(15-22(23)30-4-2)13-18(16-27)24(29)28-20-10-8-19(26)9-11-20/h8-11,13-15H,3-7,12H2,1-2H3,(H,28,29). The van der Waals surface area contributed by atoms with Gasteiger partial charge in [-0.3, -0.25) is 4.79 Å². The Balaban J connectivity index is 2.20. The number of halogens is 2. The third-order valence-electron chi connectivity index (χ3n) is 4.35. The molecule has 0 saturated heterocycles. The minimum atomic E-state index is -0.612. The van der Waals surface area contributed by atoms with Crippen LogP contribution in [0.1, 0.15) is 45.1 Å². The van der Waals surface area contributed by atoms with Gasteiger partial charge in [-0.1, -0.05) is 37.8 Å². The Morgan fingerprint density at radius 3 is 2.55 bits per heavy atom. The number of unbranched alkanes of at least 4 members (excludes halogenated alkanes) is 3. The van der Waals surface area contributed by atoms with E-state index in [1.54, 1.807) is 12.1 Å². The Kier molecular flexibility index (Phi) is 9.86. The van der Waals surface area contributed by atoms with Crippen molar-refractivity contribution in [3.8, 4) is 17.6 Å². The van der Waals surface area contributed by atoms with Crippen LogP contribution >= 0.6 is 11.6 Å². The highest BCUT2D eigenvalue weighted by Gasteiger charge is 2.15. The molecule has 0 aliphatic rings. The van der Waals surface area contributed by atoms with Crippen molar-refractivity contribution >= 4 is 29.3 Å². The fraction of sp³-hybridized carbons (Fsp3) is 0.333. The summed E-state index contributed by atoms with van der Waals surface area (Å²) in [5.74, 6) is -0.126. The zero-order valence-corrected chi connectivity index (χ0v) is 18.5. The van der Waals surface area contributed by atoms with Crippen molar-refractivity contribution in [3.05, 3.63) is 58.4 Å². The van der Waals surface area contributed by atoms with Gasteiger partial charge in [-0.2, -0.15) is 5.26 Å². The maximum absolute atomic E-state index is 13.0. The van der Waals surface area contributed by atoms with Gasteiger partial charge < -0.3 is 14.8 Å². The quantitative estimate of drug-likeness (QED) is 0.248. The predicted molar refractivity (Wildman–Crippen MR) is 121 cm³/mol. The lowest BCUT2D eigenvalue weighted by Crippen LogP contribution is -2.13. The van der Waals surface area contributed by atoms with Crippen molar-refractivity contribution in [2.75, 3.05) is 18.5 Å². The fourth-order valence-electron chi connectivity index (χ4n) is 2.82. The van der Waals surface area contributed by atoms with Gasteiger partial charge >= 0.3 is 0 Å². The van der Waals surface area contributed by atoms with Gasteiger partial charge in [0.15, 0.2) is 11.5 Å². The smallest absolute Gasteiger partial charge is 0.266 e. The molecule has 2 rings (SSSR count). The van der Waals surface area contributed by atoms with Crippen molar-refractivity contribution < 1.29 is 18.7 Å². The lowest BCUT2D eigenvalue weighted by molar-refractivity contribution is -0.112. The molecular weight excluding hydrogens is 419 g/mol. The Labute approximate surface area is 187 Å². The highest BCUT2D eigenvalue weighted by molar-refractivity contribution is 6.32. The van der Waals surface area contributed by atoms with Crippen molar-refractivity contribution in [2.24, 2.45) is 0 Å². The summed E-state index contributed by atoms with van der Waals surface area (Å²) in [6.07, 6.45) is 5.70. The molecule has 2 aromatic carbocycles. The number of amides is 1. The van der Waals surface area contributed by atoms with Gasteiger partial charge in [0.05, 0.1) is 18.2 Å². The molecule has 1 amide bonds. The van der Waals surface area contributed by atoms with E-state index in [-0.39, 0.29) is 5.57 Å².